The summed E-state index contributed by atoms with van der Waals surface area (Å²) in [5.41, 5.74) is 0.0465. The zero-order chi connectivity index (χ0) is 15.9. The molecule has 5 nitrogen and oxygen atoms in total. The molecule has 0 spiro atoms. The van der Waals surface area contributed by atoms with Crippen molar-refractivity contribution in [2.75, 3.05) is 26.4 Å². The van der Waals surface area contributed by atoms with Gasteiger partial charge in [0, 0.05) is 30.7 Å². The lowest BCUT2D eigenvalue weighted by atomic mass is 10.1. The largest absolute Gasteiger partial charge is 0.394 e. The number of aliphatic hydroxyl groups is 1. The molecule has 0 aliphatic heterocycles. The van der Waals surface area contributed by atoms with E-state index in [9.17, 15) is 13.6 Å². The van der Waals surface area contributed by atoms with Crippen molar-refractivity contribution < 1.29 is 23.4 Å². The fourth-order valence-corrected chi connectivity index (χ4v) is 2.30. The maximum Gasteiger partial charge on any atom is 0.315 e. The van der Waals surface area contributed by atoms with E-state index in [0.717, 1.165) is 0 Å². The number of halogens is 2. The molecular weight excluding hydrogens is 294 g/mol. The van der Waals surface area contributed by atoms with Crippen LogP contribution in [-0.2, 0) is 4.74 Å². The van der Waals surface area contributed by atoms with E-state index in [1.807, 2.05) is 0 Å². The van der Waals surface area contributed by atoms with Crippen molar-refractivity contribution >= 4 is 6.03 Å². The minimum Gasteiger partial charge on any atom is -0.394 e. The number of carbonyl (C=O) groups excluding carboxylic acids is 1. The predicted octanol–water partition coefficient (Wildman–Crippen LogP) is 1.52. The Labute approximate surface area is 127 Å². The summed E-state index contributed by atoms with van der Waals surface area (Å²) in [7, 11) is 0. The summed E-state index contributed by atoms with van der Waals surface area (Å²) < 4.78 is 32.3. The van der Waals surface area contributed by atoms with Crippen LogP contribution in [0.1, 0.15) is 24.3 Å². The fourth-order valence-electron chi connectivity index (χ4n) is 2.30. The lowest BCUT2D eigenvalue weighted by Gasteiger charge is -2.08. The van der Waals surface area contributed by atoms with Gasteiger partial charge in [-0.05, 0) is 25.0 Å². The van der Waals surface area contributed by atoms with E-state index >= 15 is 0 Å². The Balaban J connectivity index is 1.67. The number of rotatable bonds is 8. The molecule has 0 heterocycles. The highest BCUT2D eigenvalue weighted by Crippen LogP contribution is 2.42. The second-order valence-corrected chi connectivity index (χ2v) is 5.17. The quantitative estimate of drug-likeness (QED) is 0.637. The van der Waals surface area contributed by atoms with E-state index in [1.165, 1.54) is 18.2 Å². The van der Waals surface area contributed by atoms with Gasteiger partial charge in [0.1, 0.15) is 11.6 Å². The van der Waals surface area contributed by atoms with E-state index < -0.39 is 11.6 Å². The Kier molecular flexibility index (Phi) is 6.09. The van der Waals surface area contributed by atoms with Gasteiger partial charge < -0.3 is 20.5 Å². The predicted molar refractivity (Wildman–Crippen MR) is 76.6 cm³/mol. The Hall–Kier alpha value is -1.73. The van der Waals surface area contributed by atoms with E-state index in [1.54, 1.807) is 0 Å². The number of hydrogen-bond acceptors (Lipinski definition) is 3. The SMILES string of the molecule is O=C(NCCCOCCO)NC1CC1c1c(F)cccc1F. The average molecular weight is 314 g/mol. The minimum atomic E-state index is -0.573. The summed E-state index contributed by atoms with van der Waals surface area (Å²) in [5.74, 6) is -1.45. The number of hydrogen-bond donors (Lipinski definition) is 3. The molecule has 122 valence electrons. The molecule has 22 heavy (non-hydrogen) atoms. The maximum absolute atomic E-state index is 13.6. The van der Waals surface area contributed by atoms with Crippen molar-refractivity contribution in [3.63, 3.8) is 0 Å². The number of nitrogens with one attached hydrogen (secondary N) is 2. The van der Waals surface area contributed by atoms with Crippen LogP contribution in [0.2, 0.25) is 0 Å². The highest BCUT2D eigenvalue weighted by Gasteiger charge is 2.42. The van der Waals surface area contributed by atoms with Crippen LogP contribution >= 0.6 is 0 Å². The summed E-state index contributed by atoms with van der Waals surface area (Å²) in [5, 5.41) is 13.9. The van der Waals surface area contributed by atoms with Gasteiger partial charge in [-0.1, -0.05) is 6.07 Å². The lowest BCUT2D eigenvalue weighted by molar-refractivity contribution is 0.0910. The van der Waals surface area contributed by atoms with Crippen LogP contribution in [0.15, 0.2) is 18.2 Å². The van der Waals surface area contributed by atoms with Crippen LogP contribution < -0.4 is 10.6 Å². The van der Waals surface area contributed by atoms with Gasteiger partial charge >= 0.3 is 6.03 Å². The number of urea groups is 1. The van der Waals surface area contributed by atoms with Crippen molar-refractivity contribution in [2.24, 2.45) is 0 Å². The molecule has 2 rings (SSSR count). The summed E-state index contributed by atoms with van der Waals surface area (Å²) in [4.78, 5) is 11.6. The van der Waals surface area contributed by atoms with Gasteiger partial charge in [0.25, 0.3) is 0 Å². The molecule has 7 heteroatoms. The first-order chi connectivity index (χ1) is 10.6. The van der Waals surface area contributed by atoms with Gasteiger partial charge in [-0.2, -0.15) is 0 Å². The molecular formula is C15H20F2N2O3. The van der Waals surface area contributed by atoms with Gasteiger partial charge in [0.05, 0.1) is 13.2 Å². The molecule has 3 N–H and O–H groups in total. The van der Waals surface area contributed by atoms with Crippen molar-refractivity contribution in [2.45, 2.75) is 24.8 Å². The Bertz CT molecular complexity index is 493. The maximum atomic E-state index is 13.6. The van der Waals surface area contributed by atoms with Gasteiger partial charge in [0.15, 0.2) is 0 Å². The normalized spacial score (nSPS) is 19.8. The smallest absolute Gasteiger partial charge is 0.315 e. The van der Waals surface area contributed by atoms with Crippen LogP contribution in [-0.4, -0.2) is 43.5 Å². The van der Waals surface area contributed by atoms with Crippen LogP contribution in [0.5, 0.6) is 0 Å². The monoisotopic (exact) mass is 314 g/mol. The first kappa shape index (κ1) is 16.6. The summed E-state index contributed by atoms with van der Waals surface area (Å²) in [6.45, 7) is 1.14. The van der Waals surface area contributed by atoms with E-state index in [4.69, 9.17) is 9.84 Å². The molecule has 1 saturated carbocycles. The highest BCUT2D eigenvalue weighted by molar-refractivity contribution is 5.74. The minimum absolute atomic E-state index is 0.0242. The Morgan fingerprint density at radius 1 is 1.32 bits per heavy atom. The van der Waals surface area contributed by atoms with Crippen molar-refractivity contribution in [1.29, 1.82) is 0 Å². The molecule has 1 fully saturated rings. The van der Waals surface area contributed by atoms with E-state index in [-0.39, 0.29) is 36.8 Å². The van der Waals surface area contributed by atoms with E-state index in [2.05, 4.69) is 10.6 Å². The highest BCUT2D eigenvalue weighted by atomic mass is 19.1. The third-order valence-corrected chi connectivity index (χ3v) is 3.46. The lowest BCUT2D eigenvalue weighted by Crippen LogP contribution is -2.38. The first-order valence-electron chi connectivity index (χ1n) is 7.30. The molecule has 0 aromatic heterocycles. The first-order valence-corrected chi connectivity index (χ1v) is 7.30. The second kappa shape index (κ2) is 8.05. The van der Waals surface area contributed by atoms with Gasteiger partial charge in [-0.25, -0.2) is 13.6 Å². The van der Waals surface area contributed by atoms with Crippen molar-refractivity contribution in [3.8, 4) is 0 Å². The number of amides is 2. The second-order valence-electron chi connectivity index (χ2n) is 5.17. The Morgan fingerprint density at radius 3 is 2.73 bits per heavy atom. The molecule has 1 aromatic carbocycles. The summed E-state index contributed by atoms with van der Waals surface area (Å²) in [6.07, 6.45) is 1.16. The number of aliphatic hydroxyl groups excluding tert-OH is 1. The van der Waals surface area contributed by atoms with Crippen molar-refractivity contribution in [3.05, 3.63) is 35.4 Å². The molecule has 0 bridgehead atoms. The van der Waals surface area contributed by atoms with Crippen LogP contribution in [0.4, 0.5) is 13.6 Å². The Morgan fingerprint density at radius 2 is 2.05 bits per heavy atom. The van der Waals surface area contributed by atoms with Crippen LogP contribution in [0, 0.1) is 11.6 Å². The molecule has 1 aliphatic rings. The van der Waals surface area contributed by atoms with Gasteiger partial charge in [-0.15, -0.1) is 0 Å². The number of benzene rings is 1. The van der Waals surface area contributed by atoms with Crippen LogP contribution in [0.25, 0.3) is 0 Å². The summed E-state index contributed by atoms with van der Waals surface area (Å²) in [6, 6.07) is 3.17. The molecule has 2 unspecified atom stereocenters. The van der Waals surface area contributed by atoms with Crippen molar-refractivity contribution in [1.82, 2.24) is 10.6 Å². The van der Waals surface area contributed by atoms with Crippen LogP contribution in [0.3, 0.4) is 0 Å². The third-order valence-electron chi connectivity index (χ3n) is 3.46. The molecule has 2 atom stereocenters. The molecule has 0 saturated heterocycles. The molecule has 0 radical (unpaired) electrons. The van der Waals surface area contributed by atoms with Gasteiger partial charge in [-0.3, -0.25) is 0 Å². The molecule has 2 amide bonds. The topological polar surface area (TPSA) is 70.6 Å². The zero-order valence-corrected chi connectivity index (χ0v) is 12.1. The average Bonchev–Trinajstić information content (AvgIpc) is 3.21. The van der Waals surface area contributed by atoms with E-state index in [0.29, 0.717) is 26.0 Å². The zero-order valence-electron chi connectivity index (χ0n) is 12.1. The standard InChI is InChI=1S/C15H20F2N2O3/c16-11-3-1-4-12(17)14(11)10-9-13(10)19-15(21)18-5-2-7-22-8-6-20/h1,3-4,10,13,20H,2,5-9H2,(H2,18,19,21). The van der Waals surface area contributed by atoms with Gasteiger partial charge in [0.2, 0.25) is 0 Å². The summed E-state index contributed by atoms with van der Waals surface area (Å²) >= 11 is 0. The number of carbonyl (C=O) groups is 1. The number of ether oxygens (including phenoxy) is 1. The molecule has 1 aliphatic carbocycles. The fraction of sp³-hybridized carbons (Fsp3) is 0.533. The molecule has 1 aromatic rings. The third kappa shape index (κ3) is 4.64.